The number of carboxylic acids is 1. The number of carboxylic acid groups (broad SMARTS) is 1. The summed E-state index contributed by atoms with van der Waals surface area (Å²) in [6.45, 7) is 0.498. The average molecular weight is 583 g/mol. The van der Waals surface area contributed by atoms with Crippen LogP contribution in [0.3, 0.4) is 0 Å². The number of amides is 1. The van der Waals surface area contributed by atoms with Crippen molar-refractivity contribution in [1.82, 2.24) is 9.88 Å². The minimum atomic E-state index is -5.21. The van der Waals surface area contributed by atoms with Gasteiger partial charge in [-0.25, -0.2) is 12.8 Å². The number of nitrogens with zero attached hydrogens (tertiary/aromatic N) is 2. The van der Waals surface area contributed by atoms with Gasteiger partial charge >= 0.3 is 12.1 Å². The molecular formula is C28H30F4N2O5S. The van der Waals surface area contributed by atoms with E-state index in [1.807, 2.05) is 0 Å². The van der Waals surface area contributed by atoms with Gasteiger partial charge in [-0.1, -0.05) is 24.3 Å². The third kappa shape index (κ3) is 4.29. The number of aryl methyl sites for hydroxylation is 1. The number of fused-ring (bicyclic) bond motifs is 3. The number of hydrogen-bond acceptors (Lipinski definition) is 5. The third-order valence-electron chi connectivity index (χ3n) is 8.98. The topological polar surface area (TPSA) is 105 Å². The highest BCUT2D eigenvalue weighted by Gasteiger charge is 2.62. The summed E-state index contributed by atoms with van der Waals surface area (Å²) < 4.78 is 82.2. The molecule has 12 heteroatoms. The van der Waals surface area contributed by atoms with Gasteiger partial charge in [-0.05, 0) is 75.6 Å². The number of aliphatic carboxylic acids is 1. The Labute approximate surface area is 229 Å². The summed E-state index contributed by atoms with van der Waals surface area (Å²) in [4.78, 5) is 30.7. The summed E-state index contributed by atoms with van der Waals surface area (Å²) in [7, 11) is -4.20. The van der Waals surface area contributed by atoms with Crippen molar-refractivity contribution in [3.05, 3.63) is 59.4 Å². The van der Waals surface area contributed by atoms with Crippen molar-refractivity contribution in [2.45, 2.75) is 79.4 Å². The van der Waals surface area contributed by atoms with Crippen LogP contribution in [0.1, 0.15) is 62.4 Å². The quantitative estimate of drug-likeness (QED) is 0.501. The summed E-state index contributed by atoms with van der Waals surface area (Å²) in [5.74, 6) is -2.09. The molecule has 1 aromatic heterocycles. The molecular weight excluding hydrogens is 552 g/mol. The van der Waals surface area contributed by atoms with Crippen LogP contribution in [-0.4, -0.2) is 54.0 Å². The van der Waals surface area contributed by atoms with E-state index in [0.717, 1.165) is 6.07 Å². The Morgan fingerprint density at radius 3 is 2.20 bits per heavy atom. The summed E-state index contributed by atoms with van der Waals surface area (Å²) in [6, 6.07) is 9.01. The summed E-state index contributed by atoms with van der Waals surface area (Å²) in [5, 5.41) is 9.31. The second-order valence-corrected chi connectivity index (χ2v) is 13.3. The van der Waals surface area contributed by atoms with Crippen molar-refractivity contribution >= 4 is 21.7 Å². The molecule has 40 heavy (non-hydrogen) atoms. The minimum absolute atomic E-state index is 0.00525. The average Bonchev–Trinajstić information content (AvgIpc) is 3.34. The monoisotopic (exact) mass is 582 g/mol. The SMILES string of the molecule is CC(F)(c1ccc2c(n1)CCC1N(C(=O)C3CCC(C(=O)O)CC3)CCC21S(=O)(=O)c1ccccc1)C(F)(F)F. The van der Waals surface area contributed by atoms with Gasteiger partial charge in [-0.2, -0.15) is 13.2 Å². The fourth-order valence-corrected chi connectivity index (χ4v) is 9.05. The Hall–Kier alpha value is -3.02. The first-order valence-corrected chi connectivity index (χ1v) is 14.8. The summed E-state index contributed by atoms with van der Waals surface area (Å²) in [6.07, 6.45) is -3.54. The molecule has 0 spiro atoms. The van der Waals surface area contributed by atoms with Crippen LogP contribution in [0.25, 0.3) is 0 Å². The first-order chi connectivity index (χ1) is 18.7. The van der Waals surface area contributed by atoms with Gasteiger partial charge in [0.2, 0.25) is 11.6 Å². The van der Waals surface area contributed by atoms with Crippen molar-refractivity contribution in [1.29, 1.82) is 0 Å². The predicted octanol–water partition coefficient (Wildman–Crippen LogP) is 4.94. The third-order valence-corrected chi connectivity index (χ3v) is 11.5. The molecule has 1 N–H and O–H groups in total. The number of halogens is 4. The number of rotatable bonds is 5. The van der Waals surface area contributed by atoms with E-state index in [1.165, 1.54) is 18.2 Å². The fourth-order valence-electron chi connectivity index (χ4n) is 6.68. The van der Waals surface area contributed by atoms with E-state index in [1.54, 1.807) is 23.1 Å². The highest BCUT2D eigenvalue weighted by Crippen LogP contribution is 2.53. The van der Waals surface area contributed by atoms with Gasteiger partial charge in [-0.3, -0.25) is 14.6 Å². The van der Waals surface area contributed by atoms with Crippen LogP contribution >= 0.6 is 0 Å². The van der Waals surface area contributed by atoms with Crippen molar-refractivity contribution in [3.63, 3.8) is 0 Å². The molecule has 0 bridgehead atoms. The Kier molecular flexibility index (Phi) is 6.99. The molecule has 3 aliphatic rings. The number of aromatic nitrogens is 1. The second-order valence-electron chi connectivity index (χ2n) is 11.1. The first kappa shape index (κ1) is 28.5. The number of alkyl halides is 4. The van der Waals surface area contributed by atoms with Gasteiger partial charge in [0.05, 0.1) is 22.5 Å². The van der Waals surface area contributed by atoms with Crippen LogP contribution in [0.4, 0.5) is 17.6 Å². The zero-order valence-corrected chi connectivity index (χ0v) is 22.6. The van der Waals surface area contributed by atoms with Gasteiger partial charge in [-0.15, -0.1) is 0 Å². The van der Waals surface area contributed by atoms with E-state index in [4.69, 9.17) is 0 Å². The first-order valence-electron chi connectivity index (χ1n) is 13.3. The van der Waals surface area contributed by atoms with E-state index >= 15 is 0 Å². The molecule has 2 aliphatic carbocycles. The Bertz CT molecular complexity index is 1420. The largest absolute Gasteiger partial charge is 0.481 e. The molecule has 3 atom stereocenters. The highest BCUT2D eigenvalue weighted by atomic mass is 32.2. The van der Waals surface area contributed by atoms with Crippen LogP contribution in [0.2, 0.25) is 0 Å². The number of carbonyl (C=O) groups excluding carboxylic acids is 1. The molecule has 1 amide bonds. The van der Waals surface area contributed by atoms with Crippen molar-refractivity contribution in [2.24, 2.45) is 11.8 Å². The zero-order valence-electron chi connectivity index (χ0n) is 21.8. The van der Waals surface area contributed by atoms with Crippen molar-refractivity contribution < 1.29 is 40.7 Å². The lowest BCUT2D eigenvalue weighted by atomic mass is 9.79. The maximum Gasteiger partial charge on any atom is 0.428 e. The van der Waals surface area contributed by atoms with Crippen molar-refractivity contribution in [3.8, 4) is 0 Å². The van der Waals surface area contributed by atoms with E-state index in [9.17, 15) is 40.7 Å². The maximum atomic E-state index is 14.8. The molecule has 2 aromatic rings. The van der Waals surface area contributed by atoms with Gasteiger partial charge in [0.1, 0.15) is 4.75 Å². The molecule has 1 saturated heterocycles. The molecule has 7 nitrogen and oxygen atoms in total. The van der Waals surface area contributed by atoms with Gasteiger partial charge in [0.25, 0.3) is 0 Å². The van der Waals surface area contributed by atoms with E-state index in [-0.39, 0.29) is 47.9 Å². The number of likely N-dealkylation sites (tertiary alicyclic amines) is 1. The second kappa shape index (κ2) is 9.81. The van der Waals surface area contributed by atoms with Crippen LogP contribution < -0.4 is 0 Å². The van der Waals surface area contributed by atoms with Gasteiger partial charge in [0, 0.05) is 18.2 Å². The number of benzene rings is 1. The molecule has 1 aromatic carbocycles. The standard InChI is InChI=1S/C28H30F4N2O5S/c1-26(29,28(30,31)32)22-13-11-20-21(33-22)12-14-23-27(20,40(38,39)19-5-3-2-4-6-19)15-16-34(23)24(35)17-7-9-18(10-8-17)25(36)37/h2-6,11,13,17-18,23H,7-10,12,14-16H2,1H3,(H,36,37). The molecule has 3 unspecified atom stereocenters. The molecule has 2 heterocycles. The predicted molar refractivity (Wildman–Crippen MR) is 136 cm³/mol. The van der Waals surface area contributed by atoms with Crippen LogP contribution in [0.15, 0.2) is 47.4 Å². The molecule has 5 rings (SSSR count). The Balaban J connectivity index is 1.58. The van der Waals surface area contributed by atoms with Gasteiger partial charge < -0.3 is 10.0 Å². The highest BCUT2D eigenvalue weighted by molar-refractivity contribution is 7.92. The Morgan fingerprint density at radius 2 is 1.60 bits per heavy atom. The lowest BCUT2D eigenvalue weighted by Crippen LogP contribution is -2.53. The molecule has 1 aliphatic heterocycles. The summed E-state index contributed by atoms with van der Waals surface area (Å²) in [5.41, 5.74) is -4.29. The lowest BCUT2D eigenvalue weighted by molar-refractivity contribution is -0.230. The fraction of sp³-hybridized carbons (Fsp3) is 0.536. The van der Waals surface area contributed by atoms with Gasteiger partial charge in [0.15, 0.2) is 9.84 Å². The number of pyridine rings is 1. The molecule has 2 fully saturated rings. The van der Waals surface area contributed by atoms with E-state index in [0.29, 0.717) is 32.6 Å². The Morgan fingerprint density at radius 1 is 0.975 bits per heavy atom. The van der Waals surface area contributed by atoms with Crippen LogP contribution in [0.5, 0.6) is 0 Å². The minimum Gasteiger partial charge on any atom is -0.481 e. The lowest BCUT2D eigenvalue weighted by Gasteiger charge is -2.43. The smallest absolute Gasteiger partial charge is 0.428 e. The zero-order chi connectivity index (χ0) is 29.1. The number of sulfone groups is 1. The van der Waals surface area contributed by atoms with E-state index in [2.05, 4.69) is 4.98 Å². The maximum absolute atomic E-state index is 14.8. The van der Waals surface area contributed by atoms with Crippen molar-refractivity contribution in [2.75, 3.05) is 6.54 Å². The van der Waals surface area contributed by atoms with Crippen LogP contribution in [0, 0.1) is 11.8 Å². The summed E-state index contributed by atoms with van der Waals surface area (Å²) >= 11 is 0. The molecule has 1 saturated carbocycles. The molecule has 216 valence electrons. The normalized spacial score (nSPS) is 28.3. The number of carbonyl (C=O) groups is 2. The number of hydrogen-bond donors (Lipinski definition) is 1. The van der Waals surface area contributed by atoms with Crippen LogP contribution in [-0.2, 0) is 36.3 Å². The van der Waals surface area contributed by atoms with E-state index < -0.39 is 56.0 Å². The molecule has 0 radical (unpaired) electrons.